The SMILES string of the molecule is CCCCCCCCCCCCCC(=O)OC[C@H](COP(=O)(O)OC[C@H](O)COP(=O)(O)OC[C@@H](COC(=O)CCCCCCCCCCCCCCCCCCCCC(C)C)OC(=O)CCCCCCCCCCCCCCCCCCCCC(C)CC)OC(=O)CCCCCCCCCCCCC(C)CC. The summed E-state index contributed by atoms with van der Waals surface area (Å²) in [5, 5.41) is 10.7. The second-order valence-corrected chi connectivity index (χ2v) is 35.9. The quantitative estimate of drug-likeness (QED) is 0.0222. The molecular formula is C89H174O17P2. The molecule has 0 radical (unpaired) electrons. The topological polar surface area (TPSA) is 237 Å². The van der Waals surface area contributed by atoms with Gasteiger partial charge in [-0.1, -0.05) is 421 Å². The maximum atomic E-state index is 13.2. The Bertz CT molecular complexity index is 2080. The maximum absolute atomic E-state index is 13.2. The van der Waals surface area contributed by atoms with Crippen molar-refractivity contribution in [2.75, 3.05) is 39.6 Å². The molecule has 3 N–H and O–H groups in total. The summed E-state index contributed by atoms with van der Waals surface area (Å²) < 4.78 is 69.0. The van der Waals surface area contributed by atoms with Crippen LogP contribution in [0.2, 0.25) is 0 Å². The van der Waals surface area contributed by atoms with E-state index >= 15 is 0 Å². The van der Waals surface area contributed by atoms with E-state index in [0.29, 0.717) is 25.7 Å². The average molecular weight is 1580 g/mol. The van der Waals surface area contributed by atoms with E-state index in [4.69, 9.17) is 37.0 Å². The van der Waals surface area contributed by atoms with E-state index in [9.17, 15) is 43.2 Å². The molecule has 19 heteroatoms. The van der Waals surface area contributed by atoms with Gasteiger partial charge < -0.3 is 33.8 Å². The van der Waals surface area contributed by atoms with Gasteiger partial charge in [-0.05, 0) is 43.4 Å². The van der Waals surface area contributed by atoms with E-state index < -0.39 is 97.5 Å². The molecule has 0 aliphatic heterocycles. The van der Waals surface area contributed by atoms with Gasteiger partial charge in [0, 0.05) is 25.7 Å². The number of ether oxygens (including phenoxy) is 4. The van der Waals surface area contributed by atoms with Crippen molar-refractivity contribution < 1.29 is 80.2 Å². The van der Waals surface area contributed by atoms with Crippen LogP contribution in [0.5, 0.6) is 0 Å². The summed E-state index contributed by atoms with van der Waals surface area (Å²) in [6.07, 6.45) is 70.7. The minimum absolute atomic E-state index is 0.107. The third kappa shape index (κ3) is 79.3. The van der Waals surface area contributed by atoms with Gasteiger partial charge in [0.1, 0.15) is 19.3 Å². The Hall–Kier alpha value is -1.94. The fourth-order valence-corrected chi connectivity index (χ4v) is 15.4. The lowest BCUT2D eigenvalue weighted by Crippen LogP contribution is -2.30. The van der Waals surface area contributed by atoms with E-state index in [1.165, 1.54) is 283 Å². The third-order valence-corrected chi connectivity index (χ3v) is 23.5. The lowest BCUT2D eigenvalue weighted by molar-refractivity contribution is -0.161. The molecule has 0 amide bonds. The number of carbonyl (C=O) groups excluding carboxylic acids is 4. The van der Waals surface area contributed by atoms with Gasteiger partial charge in [-0.25, -0.2) is 9.13 Å². The summed E-state index contributed by atoms with van der Waals surface area (Å²) in [7, 11) is -9.93. The molecule has 0 aliphatic rings. The van der Waals surface area contributed by atoms with Gasteiger partial charge in [0.25, 0.3) is 0 Å². The predicted octanol–water partition coefficient (Wildman–Crippen LogP) is 27.3. The first-order chi connectivity index (χ1) is 52.3. The highest BCUT2D eigenvalue weighted by atomic mass is 31.2. The van der Waals surface area contributed by atoms with Gasteiger partial charge in [-0.15, -0.1) is 0 Å². The zero-order valence-corrected chi connectivity index (χ0v) is 73.1. The molecule has 4 unspecified atom stereocenters. The second kappa shape index (κ2) is 78.9. The van der Waals surface area contributed by atoms with Crippen molar-refractivity contribution >= 4 is 39.5 Å². The third-order valence-electron chi connectivity index (χ3n) is 21.6. The van der Waals surface area contributed by atoms with Gasteiger partial charge in [-0.2, -0.15) is 0 Å². The molecule has 0 saturated heterocycles. The monoisotopic (exact) mass is 1580 g/mol. The molecule has 0 saturated carbocycles. The fourth-order valence-electron chi connectivity index (χ4n) is 13.8. The van der Waals surface area contributed by atoms with E-state index in [0.717, 1.165) is 108 Å². The number of hydrogen-bond donors (Lipinski definition) is 3. The van der Waals surface area contributed by atoms with Crippen LogP contribution in [0.3, 0.4) is 0 Å². The summed E-state index contributed by atoms with van der Waals surface area (Å²) in [6.45, 7) is 12.1. The van der Waals surface area contributed by atoms with Crippen LogP contribution in [0.25, 0.3) is 0 Å². The molecule has 0 aromatic carbocycles. The first kappa shape index (κ1) is 106. The van der Waals surface area contributed by atoms with E-state index in [2.05, 4.69) is 48.5 Å². The molecule has 108 heavy (non-hydrogen) atoms. The number of aliphatic hydroxyl groups excluding tert-OH is 1. The summed E-state index contributed by atoms with van der Waals surface area (Å²) in [6, 6.07) is 0. The first-order valence-electron chi connectivity index (χ1n) is 45.9. The molecule has 0 bridgehead atoms. The highest BCUT2D eigenvalue weighted by Gasteiger charge is 2.31. The molecule has 0 aromatic rings. The molecule has 0 rings (SSSR count). The smallest absolute Gasteiger partial charge is 0.462 e. The van der Waals surface area contributed by atoms with Gasteiger partial charge in [-0.3, -0.25) is 37.3 Å². The Labute approximate surface area is 664 Å². The molecule has 0 aromatic heterocycles. The Kier molecular flexibility index (Phi) is 77.5. The number of unbranched alkanes of at least 4 members (excludes halogenated alkanes) is 53. The molecule has 7 atom stereocenters. The number of esters is 4. The highest BCUT2D eigenvalue weighted by molar-refractivity contribution is 7.47. The molecule has 0 aliphatic carbocycles. The highest BCUT2D eigenvalue weighted by Crippen LogP contribution is 2.45. The van der Waals surface area contributed by atoms with E-state index in [-0.39, 0.29) is 25.7 Å². The zero-order valence-electron chi connectivity index (χ0n) is 71.3. The number of rotatable bonds is 87. The van der Waals surface area contributed by atoms with Crippen LogP contribution in [0, 0.1) is 17.8 Å². The summed E-state index contributed by atoms with van der Waals surface area (Å²) >= 11 is 0. The standard InChI is InChI=1S/C89H174O17P2/c1-8-11-12-13-14-15-32-42-49-56-63-70-86(91)99-76-85(106-89(94)73-66-59-52-45-38-37-41-48-55-62-69-82(7)10-3)79-104-108(97,98)102-75-83(90)74-101-107(95,96)103-78-84(77-100-87(92)71-64-57-50-43-35-30-26-22-18-16-20-24-28-33-39-46-53-60-67-80(4)5)105-88(93)72-65-58-51-44-36-31-27-23-19-17-21-25-29-34-40-47-54-61-68-81(6)9-2/h80-85,90H,8-79H2,1-7H3,(H,95,96)(H,97,98)/t81?,82?,83-,84-,85-/m1/s1. The largest absolute Gasteiger partial charge is 0.472 e. The first-order valence-corrected chi connectivity index (χ1v) is 48.9. The minimum atomic E-state index is -4.97. The van der Waals surface area contributed by atoms with Gasteiger partial charge >= 0.3 is 39.5 Å². The van der Waals surface area contributed by atoms with Crippen LogP contribution in [0.15, 0.2) is 0 Å². The van der Waals surface area contributed by atoms with Crippen LogP contribution in [-0.4, -0.2) is 96.7 Å². The number of phosphoric ester groups is 2. The predicted molar refractivity (Wildman–Crippen MR) is 446 cm³/mol. The molecular weight excluding hydrogens is 1400 g/mol. The van der Waals surface area contributed by atoms with Crippen molar-refractivity contribution in [2.45, 2.75) is 491 Å². The average Bonchev–Trinajstić information content (AvgIpc) is 0.898. The Morgan fingerprint density at radius 2 is 0.472 bits per heavy atom. The summed E-state index contributed by atoms with van der Waals surface area (Å²) in [5.74, 6) is 0.396. The van der Waals surface area contributed by atoms with E-state index in [1.807, 2.05) is 0 Å². The lowest BCUT2D eigenvalue weighted by Gasteiger charge is -2.21. The van der Waals surface area contributed by atoms with Crippen molar-refractivity contribution in [2.24, 2.45) is 17.8 Å². The fraction of sp³-hybridized carbons (Fsp3) is 0.955. The van der Waals surface area contributed by atoms with Crippen LogP contribution in [0.4, 0.5) is 0 Å². The second-order valence-electron chi connectivity index (χ2n) is 32.9. The molecule has 0 fully saturated rings. The van der Waals surface area contributed by atoms with Crippen LogP contribution in [-0.2, 0) is 65.4 Å². The summed E-state index contributed by atoms with van der Waals surface area (Å²) in [4.78, 5) is 73.3. The number of phosphoric acid groups is 2. The number of hydrogen-bond acceptors (Lipinski definition) is 15. The maximum Gasteiger partial charge on any atom is 0.472 e. The van der Waals surface area contributed by atoms with Gasteiger partial charge in [0.15, 0.2) is 12.2 Å². The summed E-state index contributed by atoms with van der Waals surface area (Å²) in [5.41, 5.74) is 0. The van der Waals surface area contributed by atoms with Crippen molar-refractivity contribution in [3.8, 4) is 0 Å². The van der Waals surface area contributed by atoms with Crippen LogP contribution in [0.1, 0.15) is 472 Å². The molecule has 17 nitrogen and oxygen atoms in total. The molecule has 642 valence electrons. The molecule has 0 heterocycles. The normalized spacial score (nSPS) is 14.3. The molecule has 0 spiro atoms. The zero-order chi connectivity index (χ0) is 79.3. The van der Waals surface area contributed by atoms with Crippen LogP contribution >= 0.6 is 15.6 Å². The Morgan fingerprint density at radius 3 is 0.704 bits per heavy atom. The van der Waals surface area contributed by atoms with Crippen LogP contribution < -0.4 is 0 Å². The number of aliphatic hydroxyl groups is 1. The van der Waals surface area contributed by atoms with E-state index in [1.54, 1.807) is 0 Å². The van der Waals surface area contributed by atoms with Crippen molar-refractivity contribution in [1.82, 2.24) is 0 Å². The Balaban J connectivity index is 5.23. The van der Waals surface area contributed by atoms with Gasteiger partial charge in [0.2, 0.25) is 0 Å². The Morgan fingerprint density at radius 1 is 0.269 bits per heavy atom. The van der Waals surface area contributed by atoms with Crippen molar-refractivity contribution in [3.63, 3.8) is 0 Å². The lowest BCUT2D eigenvalue weighted by atomic mass is 9.99. The number of carbonyl (C=O) groups is 4. The van der Waals surface area contributed by atoms with Crippen molar-refractivity contribution in [3.05, 3.63) is 0 Å². The minimum Gasteiger partial charge on any atom is -0.462 e. The van der Waals surface area contributed by atoms with Gasteiger partial charge in [0.05, 0.1) is 26.4 Å². The van der Waals surface area contributed by atoms with Crippen molar-refractivity contribution in [1.29, 1.82) is 0 Å².